The Balaban J connectivity index is 3.29. The monoisotopic (exact) mass is 242 g/mol. The Bertz CT molecular complexity index is 46.5. The summed E-state index contributed by atoms with van der Waals surface area (Å²) in [6, 6.07) is 0. The van der Waals surface area contributed by atoms with Gasteiger partial charge < -0.3 is 0 Å². The van der Waals surface area contributed by atoms with Crippen LogP contribution in [0.1, 0.15) is 26.7 Å². The molecule has 2 heteroatoms. The van der Waals surface area contributed by atoms with Gasteiger partial charge in [0.1, 0.15) is 0 Å². The molecule has 0 fully saturated rings. The second-order valence-corrected chi connectivity index (χ2v) is 4.20. The molecule has 0 aliphatic rings. The maximum Gasteiger partial charge on any atom is 0.0268 e. The van der Waals surface area contributed by atoms with Gasteiger partial charge in [0, 0.05) is 9.65 Å². The number of rotatable bonds is 3. The Morgan fingerprint density at radius 2 is 1.25 bits per heavy atom. The van der Waals surface area contributed by atoms with E-state index in [1.807, 2.05) is 0 Å². The van der Waals surface area contributed by atoms with Crippen LogP contribution in [0.4, 0.5) is 0 Å². The molecule has 0 aliphatic heterocycles. The molecule has 0 aromatic rings. The minimum Gasteiger partial charge on any atom is -0.0879 e. The second-order valence-electron chi connectivity index (χ2n) is 1.85. The van der Waals surface area contributed by atoms with Crippen molar-refractivity contribution in [2.45, 2.75) is 36.3 Å². The van der Waals surface area contributed by atoms with E-state index < -0.39 is 0 Å². The van der Waals surface area contributed by atoms with E-state index in [0.29, 0.717) is 9.65 Å². The van der Waals surface area contributed by atoms with Gasteiger partial charge >= 0.3 is 0 Å². The van der Waals surface area contributed by atoms with Crippen LogP contribution in [0.25, 0.3) is 0 Å². The highest BCUT2D eigenvalue weighted by atomic mass is 79.9. The fourth-order valence-electron chi connectivity index (χ4n) is 0.512. The summed E-state index contributed by atoms with van der Waals surface area (Å²) in [5.74, 6) is 0. The first-order chi connectivity index (χ1) is 3.72. The average Bonchev–Trinajstić information content (AvgIpc) is 1.84. The van der Waals surface area contributed by atoms with E-state index in [-0.39, 0.29) is 0 Å². The van der Waals surface area contributed by atoms with E-state index in [9.17, 15) is 0 Å². The molecule has 0 saturated heterocycles. The van der Waals surface area contributed by atoms with Crippen molar-refractivity contribution in [1.29, 1.82) is 0 Å². The van der Waals surface area contributed by atoms with Crippen LogP contribution < -0.4 is 0 Å². The van der Waals surface area contributed by atoms with Gasteiger partial charge in [-0.3, -0.25) is 0 Å². The van der Waals surface area contributed by atoms with Crippen LogP contribution in [0.3, 0.4) is 0 Å². The van der Waals surface area contributed by atoms with Gasteiger partial charge in [0.05, 0.1) is 0 Å². The van der Waals surface area contributed by atoms with Crippen molar-refractivity contribution in [2.24, 2.45) is 0 Å². The normalized spacial score (nSPS) is 18.0. The van der Waals surface area contributed by atoms with Gasteiger partial charge in [0.2, 0.25) is 0 Å². The van der Waals surface area contributed by atoms with Gasteiger partial charge in [0.15, 0.2) is 0 Å². The van der Waals surface area contributed by atoms with Crippen LogP contribution in [-0.4, -0.2) is 9.65 Å². The summed E-state index contributed by atoms with van der Waals surface area (Å²) in [5, 5.41) is 0. The molecular weight excluding hydrogens is 232 g/mol. The smallest absolute Gasteiger partial charge is 0.0268 e. The second kappa shape index (κ2) is 4.80. The molecule has 0 amide bonds. The molecule has 0 unspecified atom stereocenters. The molecule has 0 aromatic heterocycles. The summed E-state index contributed by atoms with van der Waals surface area (Å²) in [5.41, 5.74) is 0. The topological polar surface area (TPSA) is 0 Å². The van der Waals surface area contributed by atoms with Crippen molar-refractivity contribution in [3.05, 3.63) is 0 Å². The first kappa shape index (κ1) is 8.96. The zero-order chi connectivity index (χ0) is 6.57. The molecule has 0 aliphatic carbocycles. The van der Waals surface area contributed by atoms with Gasteiger partial charge in [-0.15, -0.1) is 0 Å². The Hall–Kier alpha value is 0.960. The summed E-state index contributed by atoms with van der Waals surface area (Å²) in [6.07, 6.45) is 2.40. The predicted octanol–water partition coefficient (Wildman–Crippen LogP) is 3.33. The van der Waals surface area contributed by atoms with E-state index in [4.69, 9.17) is 0 Å². The summed E-state index contributed by atoms with van der Waals surface area (Å²) in [4.78, 5) is 1.29. The third-order valence-electron chi connectivity index (χ3n) is 1.17. The summed E-state index contributed by atoms with van der Waals surface area (Å²) in [6.45, 7) is 4.37. The molecule has 0 heterocycles. The number of alkyl halides is 2. The first-order valence-electron chi connectivity index (χ1n) is 3.00. The molecule has 0 aromatic carbocycles. The molecule has 0 saturated carbocycles. The zero-order valence-electron chi connectivity index (χ0n) is 5.32. The Kier molecular flexibility index (Phi) is 5.38. The van der Waals surface area contributed by atoms with Gasteiger partial charge in [-0.25, -0.2) is 0 Å². The van der Waals surface area contributed by atoms with Gasteiger partial charge in [-0.05, 0) is 12.8 Å². The molecule has 50 valence electrons. The van der Waals surface area contributed by atoms with Crippen LogP contribution in [0.5, 0.6) is 0 Å². The van der Waals surface area contributed by atoms with Gasteiger partial charge in [0.25, 0.3) is 0 Å². The first-order valence-corrected chi connectivity index (χ1v) is 4.83. The van der Waals surface area contributed by atoms with Crippen LogP contribution >= 0.6 is 31.9 Å². The predicted molar refractivity (Wildman–Crippen MR) is 46.0 cm³/mol. The lowest BCUT2D eigenvalue weighted by molar-refractivity contribution is 0.758. The molecule has 0 bridgehead atoms. The lowest BCUT2D eigenvalue weighted by atomic mass is 10.2. The van der Waals surface area contributed by atoms with Crippen LogP contribution in [0.15, 0.2) is 0 Å². The van der Waals surface area contributed by atoms with E-state index in [2.05, 4.69) is 45.7 Å². The minimum atomic E-state index is 0.646. The average molecular weight is 244 g/mol. The van der Waals surface area contributed by atoms with Crippen LogP contribution in [-0.2, 0) is 0 Å². The lowest BCUT2D eigenvalue weighted by Crippen LogP contribution is -2.10. The van der Waals surface area contributed by atoms with E-state index in [1.165, 1.54) is 12.8 Å². The zero-order valence-corrected chi connectivity index (χ0v) is 8.50. The maximum absolute atomic E-state index is 3.56. The van der Waals surface area contributed by atoms with Crippen LogP contribution in [0.2, 0.25) is 0 Å². The number of halogens is 2. The van der Waals surface area contributed by atoms with Crippen molar-refractivity contribution >= 4 is 31.9 Å². The minimum absolute atomic E-state index is 0.646. The van der Waals surface area contributed by atoms with E-state index in [1.54, 1.807) is 0 Å². The molecule has 0 N–H and O–H groups in total. The molecule has 8 heavy (non-hydrogen) atoms. The highest BCUT2D eigenvalue weighted by molar-refractivity contribution is 9.12. The standard InChI is InChI=1S/C6H12Br2/c1-3-5(7)6(8)4-2/h5-6H,3-4H2,1-2H3/t5-,6-/m1/s1. The van der Waals surface area contributed by atoms with Crippen molar-refractivity contribution in [3.63, 3.8) is 0 Å². The van der Waals surface area contributed by atoms with Gasteiger partial charge in [-0.2, -0.15) is 0 Å². The SMILES string of the molecule is CC[C@@H](Br)[C@H](Br)CC. The fraction of sp³-hybridized carbons (Fsp3) is 1.00. The summed E-state index contributed by atoms with van der Waals surface area (Å²) in [7, 11) is 0. The lowest BCUT2D eigenvalue weighted by Gasteiger charge is -2.10. The fourth-order valence-corrected chi connectivity index (χ4v) is 1.26. The van der Waals surface area contributed by atoms with E-state index >= 15 is 0 Å². The summed E-state index contributed by atoms with van der Waals surface area (Å²) >= 11 is 7.11. The Labute approximate surface area is 68.3 Å². The molecule has 0 radical (unpaired) electrons. The molecule has 2 atom stereocenters. The van der Waals surface area contributed by atoms with Crippen molar-refractivity contribution in [2.75, 3.05) is 0 Å². The highest BCUT2D eigenvalue weighted by Crippen LogP contribution is 2.19. The molecular formula is C6H12Br2. The van der Waals surface area contributed by atoms with Gasteiger partial charge in [-0.1, -0.05) is 45.7 Å². The third kappa shape index (κ3) is 3.08. The van der Waals surface area contributed by atoms with Crippen LogP contribution in [0, 0.1) is 0 Å². The number of hydrogen-bond acceptors (Lipinski definition) is 0. The largest absolute Gasteiger partial charge is 0.0879 e. The highest BCUT2D eigenvalue weighted by Gasteiger charge is 2.09. The molecule has 0 spiro atoms. The van der Waals surface area contributed by atoms with Crippen molar-refractivity contribution < 1.29 is 0 Å². The van der Waals surface area contributed by atoms with Crippen molar-refractivity contribution in [1.82, 2.24) is 0 Å². The third-order valence-corrected chi connectivity index (χ3v) is 4.45. The summed E-state index contributed by atoms with van der Waals surface area (Å²) < 4.78 is 0. The maximum atomic E-state index is 3.56. The van der Waals surface area contributed by atoms with E-state index in [0.717, 1.165) is 0 Å². The van der Waals surface area contributed by atoms with Crippen molar-refractivity contribution in [3.8, 4) is 0 Å². The molecule has 0 nitrogen and oxygen atoms in total. The Morgan fingerprint density at radius 3 is 1.38 bits per heavy atom. The number of hydrogen-bond donors (Lipinski definition) is 0. The quantitative estimate of drug-likeness (QED) is 0.668. The Morgan fingerprint density at radius 1 is 1.00 bits per heavy atom. The molecule has 0 rings (SSSR count).